The normalized spacial score (nSPS) is 25.1. The fourth-order valence-electron chi connectivity index (χ4n) is 2.25. The number of rotatable bonds is 4. The van der Waals surface area contributed by atoms with Crippen LogP contribution in [0.5, 0.6) is 5.75 Å². The molecule has 0 saturated carbocycles. The lowest BCUT2D eigenvalue weighted by molar-refractivity contribution is 0.127. The smallest absolute Gasteiger partial charge is 0.125 e. The number of hydrogen-bond acceptors (Lipinski definition) is 4. The van der Waals surface area contributed by atoms with Crippen molar-refractivity contribution >= 4 is 11.8 Å². The topological polar surface area (TPSA) is 38.7 Å². The molecule has 0 radical (unpaired) electrons. The SMILES string of the molecule is COc1cccc(SC2CCOC2C)c1[C@H](C)O. The average Bonchev–Trinajstić information content (AvgIpc) is 2.74. The molecular weight excluding hydrogens is 248 g/mol. The third-order valence-electron chi connectivity index (χ3n) is 3.25. The molecule has 0 aromatic heterocycles. The Labute approximate surface area is 112 Å². The van der Waals surface area contributed by atoms with E-state index in [-0.39, 0.29) is 6.10 Å². The highest BCUT2D eigenvalue weighted by Crippen LogP contribution is 2.39. The maximum absolute atomic E-state index is 9.93. The van der Waals surface area contributed by atoms with E-state index in [4.69, 9.17) is 9.47 Å². The molecular formula is C14H20O3S. The number of ether oxygens (including phenoxy) is 2. The van der Waals surface area contributed by atoms with E-state index in [9.17, 15) is 5.11 Å². The van der Waals surface area contributed by atoms with Gasteiger partial charge in [0.15, 0.2) is 0 Å². The highest BCUT2D eigenvalue weighted by atomic mass is 32.2. The van der Waals surface area contributed by atoms with E-state index in [0.717, 1.165) is 29.2 Å². The minimum atomic E-state index is -0.527. The summed E-state index contributed by atoms with van der Waals surface area (Å²) in [5, 5.41) is 10.4. The molecule has 2 unspecified atom stereocenters. The molecule has 1 heterocycles. The monoisotopic (exact) mass is 268 g/mol. The van der Waals surface area contributed by atoms with E-state index < -0.39 is 6.10 Å². The van der Waals surface area contributed by atoms with Gasteiger partial charge >= 0.3 is 0 Å². The first-order valence-electron chi connectivity index (χ1n) is 6.26. The number of aliphatic hydroxyl groups is 1. The number of benzene rings is 1. The van der Waals surface area contributed by atoms with Crippen molar-refractivity contribution in [1.29, 1.82) is 0 Å². The van der Waals surface area contributed by atoms with Gasteiger partial charge in [0.2, 0.25) is 0 Å². The molecule has 3 nitrogen and oxygen atoms in total. The molecule has 0 amide bonds. The Morgan fingerprint density at radius 2 is 2.28 bits per heavy atom. The lowest BCUT2D eigenvalue weighted by atomic mass is 10.1. The second-order valence-electron chi connectivity index (χ2n) is 4.57. The Bertz CT molecular complexity index is 406. The molecule has 3 atom stereocenters. The minimum Gasteiger partial charge on any atom is -0.496 e. The van der Waals surface area contributed by atoms with Gasteiger partial charge < -0.3 is 14.6 Å². The first-order valence-corrected chi connectivity index (χ1v) is 7.14. The largest absolute Gasteiger partial charge is 0.496 e. The maximum atomic E-state index is 9.93. The van der Waals surface area contributed by atoms with Gasteiger partial charge in [0.25, 0.3) is 0 Å². The van der Waals surface area contributed by atoms with Gasteiger partial charge in [0.1, 0.15) is 5.75 Å². The molecule has 1 N–H and O–H groups in total. The summed E-state index contributed by atoms with van der Waals surface area (Å²) in [5.41, 5.74) is 0.879. The van der Waals surface area contributed by atoms with Crippen molar-refractivity contribution in [2.45, 2.75) is 42.6 Å². The van der Waals surface area contributed by atoms with Crippen LogP contribution in [-0.2, 0) is 4.74 Å². The average molecular weight is 268 g/mol. The van der Waals surface area contributed by atoms with Crippen LogP contribution in [0, 0.1) is 0 Å². The predicted octanol–water partition coefficient (Wildman–Crippen LogP) is 3.02. The predicted molar refractivity (Wildman–Crippen MR) is 73.3 cm³/mol. The van der Waals surface area contributed by atoms with E-state index in [1.165, 1.54) is 0 Å². The summed E-state index contributed by atoms with van der Waals surface area (Å²) in [4.78, 5) is 1.09. The van der Waals surface area contributed by atoms with Crippen molar-refractivity contribution in [2.24, 2.45) is 0 Å². The third kappa shape index (κ3) is 2.82. The van der Waals surface area contributed by atoms with Gasteiger partial charge in [-0.3, -0.25) is 0 Å². The van der Waals surface area contributed by atoms with Crippen molar-refractivity contribution in [1.82, 2.24) is 0 Å². The van der Waals surface area contributed by atoms with Crippen LogP contribution >= 0.6 is 11.8 Å². The maximum Gasteiger partial charge on any atom is 0.125 e. The molecule has 2 rings (SSSR count). The van der Waals surface area contributed by atoms with E-state index in [1.54, 1.807) is 25.8 Å². The quantitative estimate of drug-likeness (QED) is 0.911. The Balaban J connectivity index is 2.26. The van der Waals surface area contributed by atoms with Crippen LogP contribution in [0.4, 0.5) is 0 Å². The summed E-state index contributed by atoms with van der Waals surface area (Å²) in [6.07, 6.45) is 0.798. The minimum absolute atomic E-state index is 0.267. The molecule has 0 aliphatic carbocycles. The van der Waals surface area contributed by atoms with E-state index in [0.29, 0.717) is 5.25 Å². The Kier molecular flexibility index (Phi) is 4.54. The Hall–Kier alpha value is -0.710. The van der Waals surface area contributed by atoms with Crippen molar-refractivity contribution in [3.63, 3.8) is 0 Å². The van der Waals surface area contributed by atoms with Crippen LogP contribution in [0.2, 0.25) is 0 Å². The first-order chi connectivity index (χ1) is 8.63. The van der Waals surface area contributed by atoms with Gasteiger partial charge in [-0.25, -0.2) is 0 Å². The van der Waals surface area contributed by atoms with Gasteiger partial charge in [0.05, 0.1) is 19.3 Å². The fourth-order valence-corrected chi connectivity index (χ4v) is 3.61. The molecule has 18 heavy (non-hydrogen) atoms. The molecule has 1 saturated heterocycles. The number of hydrogen-bond donors (Lipinski definition) is 1. The molecule has 0 spiro atoms. The van der Waals surface area contributed by atoms with E-state index in [1.807, 2.05) is 18.2 Å². The summed E-state index contributed by atoms with van der Waals surface area (Å²) in [5.74, 6) is 0.751. The summed E-state index contributed by atoms with van der Waals surface area (Å²) in [7, 11) is 1.64. The molecule has 1 aliphatic rings. The fraction of sp³-hybridized carbons (Fsp3) is 0.571. The van der Waals surface area contributed by atoms with Crippen LogP contribution < -0.4 is 4.74 Å². The van der Waals surface area contributed by atoms with Gasteiger partial charge in [-0.05, 0) is 32.4 Å². The second-order valence-corrected chi connectivity index (χ2v) is 5.85. The second kappa shape index (κ2) is 5.95. The number of aliphatic hydroxyl groups excluding tert-OH is 1. The third-order valence-corrected chi connectivity index (χ3v) is 4.78. The van der Waals surface area contributed by atoms with Crippen LogP contribution in [0.3, 0.4) is 0 Å². The lowest BCUT2D eigenvalue weighted by Crippen LogP contribution is -2.13. The zero-order valence-corrected chi connectivity index (χ0v) is 11.9. The van der Waals surface area contributed by atoms with Gasteiger partial charge in [-0.15, -0.1) is 11.8 Å². The molecule has 1 aliphatic heterocycles. The number of thioether (sulfide) groups is 1. The van der Waals surface area contributed by atoms with Gasteiger partial charge in [-0.1, -0.05) is 6.07 Å². The summed E-state index contributed by atoms with van der Waals surface area (Å²) < 4.78 is 10.9. The number of methoxy groups -OCH3 is 1. The molecule has 0 bridgehead atoms. The summed E-state index contributed by atoms with van der Waals surface area (Å²) in [6.45, 7) is 4.70. The van der Waals surface area contributed by atoms with E-state index in [2.05, 4.69) is 6.92 Å². The molecule has 100 valence electrons. The summed E-state index contributed by atoms with van der Waals surface area (Å²) in [6, 6.07) is 5.90. The van der Waals surface area contributed by atoms with Gasteiger partial charge in [-0.2, -0.15) is 0 Å². The molecule has 4 heteroatoms. The van der Waals surface area contributed by atoms with Crippen molar-refractivity contribution < 1.29 is 14.6 Å². The lowest BCUT2D eigenvalue weighted by Gasteiger charge is -2.19. The standard InChI is InChI=1S/C14H20O3S/c1-9(15)14-11(16-3)5-4-6-13(14)18-12-7-8-17-10(12)2/h4-6,9-10,12,15H,7-8H2,1-3H3/t9-,10?,12?/m0/s1. The first kappa shape index (κ1) is 13.7. The van der Waals surface area contributed by atoms with Crippen molar-refractivity contribution in [2.75, 3.05) is 13.7 Å². The Morgan fingerprint density at radius 3 is 2.83 bits per heavy atom. The molecule has 1 aromatic carbocycles. The highest BCUT2D eigenvalue weighted by Gasteiger charge is 2.27. The highest BCUT2D eigenvalue weighted by molar-refractivity contribution is 8.00. The molecule has 1 aromatic rings. The zero-order valence-electron chi connectivity index (χ0n) is 11.1. The van der Waals surface area contributed by atoms with E-state index >= 15 is 0 Å². The Morgan fingerprint density at radius 1 is 1.50 bits per heavy atom. The van der Waals surface area contributed by atoms with Crippen LogP contribution in [0.1, 0.15) is 31.9 Å². The van der Waals surface area contributed by atoms with Crippen LogP contribution in [0.25, 0.3) is 0 Å². The summed E-state index contributed by atoms with van der Waals surface area (Å²) >= 11 is 1.78. The van der Waals surface area contributed by atoms with Crippen LogP contribution in [0.15, 0.2) is 23.1 Å². The molecule has 1 fully saturated rings. The zero-order chi connectivity index (χ0) is 13.1. The van der Waals surface area contributed by atoms with Crippen LogP contribution in [-0.4, -0.2) is 30.2 Å². The van der Waals surface area contributed by atoms with Crippen molar-refractivity contribution in [3.8, 4) is 5.75 Å². The van der Waals surface area contributed by atoms with Crippen molar-refractivity contribution in [3.05, 3.63) is 23.8 Å². The van der Waals surface area contributed by atoms with Gasteiger partial charge in [0, 0.05) is 22.3 Å².